The number of hydrogen-bond donors (Lipinski definition) is 1. The number of halogens is 4. The van der Waals surface area contributed by atoms with Crippen LogP contribution in [0.5, 0.6) is 0 Å². The fourth-order valence-electron chi connectivity index (χ4n) is 3.77. The lowest BCUT2D eigenvalue weighted by molar-refractivity contribution is -0.137. The third-order valence-corrected chi connectivity index (χ3v) is 5.65. The summed E-state index contributed by atoms with van der Waals surface area (Å²) < 4.78 is 46.8. The van der Waals surface area contributed by atoms with Gasteiger partial charge in [0.05, 0.1) is 28.0 Å². The van der Waals surface area contributed by atoms with Gasteiger partial charge in [0, 0.05) is 23.9 Å². The summed E-state index contributed by atoms with van der Waals surface area (Å²) in [7, 11) is 0. The number of rotatable bonds is 3. The average molecular weight is 473 g/mol. The van der Waals surface area contributed by atoms with Gasteiger partial charge in [-0.2, -0.15) is 28.8 Å². The summed E-state index contributed by atoms with van der Waals surface area (Å²) in [6.07, 6.45) is 1.00. The standard InChI is InChI=1S/C22H16ClF3N6O/c23-17-7-12(4-5-16(17)22(24,25)26)19-14(8-27)20(31-21(29)15(19)9-28)13-10-30-32(11-13)18-3-1-2-6-33-18/h4-5,7,10-11,18H,1-3,6H2,(H2,29,31). The zero-order valence-corrected chi connectivity index (χ0v) is 17.8. The average Bonchev–Trinajstić information content (AvgIpc) is 3.28. The van der Waals surface area contributed by atoms with Crippen LogP contribution < -0.4 is 5.73 Å². The second kappa shape index (κ2) is 8.74. The zero-order chi connectivity index (χ0) is 23.8. The van der Waals surface area contributed by atoms with Gasteiger partial charge in [0.1, 0.15) is 29.7 Å². The number of alkyl halides is 3. The lowest BCUT2D eigenvalue weighted by Crippen LogP contribution is -2.18. The predicted octanol–water partition coefficient (Wildman–Crippen LogP) is 5.31. The van der Waals surface area contributed by atoms with Crippen molar-refractivity contribution in [2.75, 3.05) is 12.3 Å². The second-order valence-corrected chi connectivity index (χ2v) is 7.82. The van der Waals surface area contributed by atoms with Crippen molar-refractivity contribution in [3.63, 3.8) is 0 Å². The number of nitriles is 2. The predicted molar refractivity (Wildman–Crippen MR) is 114 cm³/mol. The summed E-state index contributed by atoms with van der Waals surface area (Å²) in [5, 5.41) is 23.3. The molecule has 1 atom stereocenters. The summed E-state index contributed by atoms with van der Waals surface area (Å²) in [5.41, 5.74) is 5.63. The highest BCUT2D eigenvalue weighted by molar-refractivity contribution is 6.31. The quantitative estimate of drug-likeness (QED) is 0.552. The van der Waals surface area contributed by atoms with Crippen molar-refractivity contribution in [3.8, 4) is 34.5 Å². The Labute approximate surface area is 191 Å². The molecule has 168 valence electrons. The van der Waals surface area contributed by atoms with Crippen molar-refractivity contribution < 1.29 is 17.9 Å². The fraction of sp³-hybridized carbons (Fsp3) is 0.273. The monoisotopic (exact) mass is 472 g/mol. The maximum atomic E-state index is 13.1. The minimum atomic E-state index is -4.65. The van der Waals surface area contributed by atoms with Gasteiger partial charge in [0.2, 0.25) is 0 Å². The van der Waals surface area contributed by atoms with Gasteiger partial charge >= 0.3 is 6.18 Å². The molecular formula is C22H16ClF3N6O. The number of nitrogens with zero attached hydrogens (tertiary/aromatic N) is 5. The highest BCUT2D eigenvalue weighted by atomic mass is 35.5. The first-order valence-corrected chi connectivity index (χ1v) is 10.3. The van der Waals surface area contributed by atoms with E-state index in [-0.39, 0.29) is 40.0 Å². The van der Waals surface area contributed by atoms with E-state index in [4.69, 9.17) is 22.1 Å². The Morgan fingerprint density at radius 2 is 1.91 bits per heavy atom. The molecule has 33 heavy (non-hydrogen) atoms. The minimum absolute atomic E-state index is 0.0271. The minimum Gasteiger partial charge on any atom is -0.383 e. The molecule has 2 aromatic heterocycles. The Morgan fingerprint density at radius 1 is 1.15 bits per heavy atom. The topological polar surface area (TPSA) is 114 Å². The summed E-state index contributed by atoms with van der Waals surface area (Å²) in [5.74, 6) is -0.167. The fourth-order valence-corrected chi connectivity index (χ4v) is 4.06. The van der Waals surface area contributed by atoms with E-state index in [1.165, 1.54) is 6.20 Å². The van der Waals surface area contributed by atoms with Gasteiger partial charge in [-0.25, -0.2) is 9.67 Å². The summed E-state index contributed by atoms with van der Waals surface area (Å²) >= 11 is 5.88. The van der Waals surface area contributed by atoms with Crippen LogP contribution in [0.3, 0.4) is 0 Å². The van der Waals surface area contributed by atoms with Crippen molar-refractivity contribution >= 4 is 17.4 Å². The Kier molecular flexibility index (Phi) is 5.98. The normalized spacial score (nSPS) is 16.2. The van der Waals surface area contributed by atoms with E-state index in [0.29, 0.717) is 12.2 Å². The number of hydrogen-bond acceptors (Lipinski definition) is 6. The maximum Gasteiger partial charge on any atom is 0.417 e. The molecule has 0 saturated carbocycles. The molecule has 0 bridgehead atoms. The van der Waals surface area contributed by atoms with Gasteiger partial charge in [-0.1, -0.05) is 17.7 Å². The molecule has 3 aromatic rings. The summed E-state index contributed by atoms with van der Waals surface area (Å²) in [6, 6.07) is 6.91. The van der Waals surface area contributed by atoms with E-state index in [9.17, 15) is 23.7 Å². The van der Waals surface area contributed by atoms with Crippen LogP contribution in [0.25, 0.3) is 22.4 Å². The van der Waals surface area contributed by atoms with Crippen LogP contribution >= 0.6 is 11.6 Å². The number of nitrogens with two attached hydrogens (primary N) is 1. The number of pyridine rings is 1. The van der Waals surface area contributed by atoms with E-state index >= 15 is 0 Å². The van der Waals surface area contributed by atoms with Crippen molar-refractivity contribution in [3.05, 3.63) is 52.3 Å². The molecule has 0 spiro atoms. The zero-order valence-electron chi connectivity index (χ0n) is 17.0. The van der Waals surface area contributed by atoms with Crippen molar-refractivity contribution in [2.45, 2.75) is 31.7 Å². The van der Waals surface area contributed by atoms with Crippen LogP contribution in [-0.2, 0) is 10.9 Å². The molecular weight excluding hydrogens is 457 g/mol. The van der Waals surface area contributed by atoms with E-state index in [1.54, 1.807) is 10.9 Å². The van der Waals surface area contributed by atoms with Crippen LogP contribution in [0.15, 0.2) is 30.6 Å². The van der Waals surface area contributed by atoms with E-state index in [1.807, 2.05) is 12.1 Å². The van der Waals surface area contributed by atoms with Crippen LogP contribution in [0.2, 0.25) is 5.02 Å². The Morgan fingerprint density at radius 3 is 2.52 bits per heavy atom. The largest absolute Gasteiger partial charge is 0.417 e. The molecule has 1 saturated heterocycles. The molecule has 1 unspecified atom stereocenters. The van der Waals surface area contributed by atoms with E-state index < -0.39 is 16.8 Å². The van der Waals surface area contributed by atoms with Gasteiger partial charge < -0.3 is 10.5 Å². The van der Waals surface area contributed by atoms with Gasteiger partial charge in [-0.3, -0.25) is 0 Å². The Hall–Kier alpha value is -3.60. The number of benzene rings is 1. The lowest BCUT2D eigenvalue weighted by Gasteiger charge is -2.22. The van der Waals surface area contributed by atoms with Gasteiger partial charge in [0.15, 0.2) is 0 Å². The smallest absolute Gasteiger partial charge is 0.383 e. The highest BCUT2D eigenvalue weighted by Gasteiger charge is 2.33. The summed E-state index contributed by atoms with van der Waals surface area (Å²) in [6.45, 7) is 0.615. The molecule has 3 heterocycles. The third kappa shape index (κ3) is 4.23. The van der Waals surface area contributed by atoms with E-state index in [0.717, 1.165) is 37.5 Å². The van der Waals surface area contributed by atoms with Gasteiger partial charge in [-0.05, 0) is 37.0 Å². The van der Waals surface area contributed by atoms with E-state index in [2.05, 4.69) is 10.1 Å². The first-order valence-electron chi connectivity index (χ1n) is 9.91. The second-order valence-electron chi connectivity index (χ2n) is 7.42. The number of nitrogen functional groups attached to an aromatic ring is 1. The first-order chi connectivity index (χ1) is 15.7. The number of aromatic nitrogens is 3. The van der Waals surface area contributed by atoms with Gasteiger partial charge in [0.25, 0.3) is 0 Å². The molecule has 1 aliphatic rings. The molecule has 1 aliphatic heterocycles. The molecule has 11 heteroatoms. The number of anilines is 1. The molecule has 0 radical (unpaired) electrons. The molecule has 0 aliphatic carbocycles. The van der Waals surface area contributed by atoms with Crippen LogP contribution in [0, 0.1) is 22.7 Å². The van der Waals surface area contributed by atoms with Crippen molar-refractivity contribution in [1.82, 2.24) is 14.8 Å². The molecule has 0 amide bonds. The maximum absolute atomic E-state index is 13.1. The van der Waals surface area contributed by atoms with Crippen LogP contribution in [0.1, 0.15) is 42.2 Å². The SMILES string of the molecule is N#Cc1c(N)nc(-c2cnn(C3CCCCO3)c2)c(C#N)c1-c1ccc(C(F)(F)F)c(Cl)c1. The lowest BCUT2D eigenvalue weighted by atomic mass is 9.92. The molecule has 2 N–H and O–H groups in total. The molecule has 7 nitrogen and oxygen atoms in total. The highest BCUT2D eigenvalue weighted by Crippen LogP contribution is 2.40. The van der Waals surface area contributed by atoms with Crippen molar-refractivity contribution in [1.29, 1.82) is 10.5 Å². The van der Waals surface area contributed by atoms with Gasteiger partial charge in [-0.15, -0.1) is 0 Å². The van der Waals surface area contributed by atoms with Crippen molar-refractivity contribution in [2.24, 2.45) is 0 Å². The number of ether oxygens (including phenoxy) is 1. The Bertz CT molecular complexity index is 1300. The molecule has 4 rings (SSSR count). The first kappa shape index (κ1) is 22.6. The van der Waals surface area contributed by atoms with Crippen LogP contribution in [0.4, 0.5) is 19.0 Å². The Balaban J connectivity index is 1.88. The third-order valence-electron chi connectivity index (χ3n) is 5.34. The molecule has 1 aromatic carbocycles. The molecule has 1 fully saturated rings. The van der Waals surface area contributed by atoms with Crippen LogP contribution in [-0.4, -0.2) is 21.4 Å². The summed E-state index contributed by atoms with van der Waals surface area (Å²) in [4.78, 5) is 4.23.